The predicted octanol–water partition coefficient (Wildman–Crippen LogP) is 4.40. The van der Waals surface area contributed by atoms with Crippen molar-refractivity contribution < 1.29 is 5.21 Å². The summed E-state index contributed by atoms with van der Waals surface area (Å²) in [5, 5.41) is 11.8. The van der Waals surface area contributed by atoms with Crippen LogP contribution in [0.15, 0.2) is 4.99 Å². The molecular weight excluding hydrogens is 224 g/mol. The van der Waals surface area contributed by atoms with Crippen molar-refractivity contribution in [3.63, 3.8) is 0 Å². The predicted molar refractivity (Wildman–Crippen MR) is 77.2 cm³/mol. The van der Waals surface area contributed by atoms with Crippen LogP contribution in [0.3, 0.4) is 0 Å². The summed E-state index contributed by atoms with van der Waals surface area (Å²) in [7, 11) is 0. The van der Waals surface area contributed by atoms with Crippen LogP contribution in [-0.4, -0.2) is 27.2 Å². The zero-order valence-electron chi connectivity index (χ0n) is 12.8. The van der Waals surface area contributed by atoms with Gasteiger partial charge in [-0.3, -0.25) is 4.99 Å². The summed E-state index contributed by atoms with van der Waals surface area (Å²) in [6.45, 7) is 10.3. The average molecular weight is 254 g/mol. The summed E-state index contributed by atoms with van der Waals surface area (Å²) in [4.78, 5) is 4.68. The minimum Gasteiger partial charge on any atom is -0.311 e. The number of unbranched alkanes of at least 4 members (excludes halogenated alkanes) is 5. The van der Waals surface area contributed by atoms with Crippen molar-refractivity contribution >= 4 is 5.71 Å². The maximum Gasteiger partial charge on any atom is 0.133 e. The normalized spacial score (nSPS) is 27.6. The zero-order chi connectivity index (χ0) is 13.8. The Labute approximate surface area is 112 Å². The molecule has 0 aliphatic carbocycles. The molecule has 0 aromatic heterocycles. The van der Waals surface area contributed by atoms with Crippen molar-refractivity contribution in [2.45, 2.75) is 90.8 Å². The van der Waals surface area contributed by atoms with Crippen LogP contribution >= 0.6 is 0 Å². The maximum absolute atomic E-state index is 10.3. The van der Waals surface area contributed by atoms with Gasteiger partial charge in [0.2, 0.25) is 0 Å². The fourth-order valence-corrected chi connectivity index (χ4v) is 2.70. The molecule has 3 heteroatoms. The number of hydroxylamine groups is 2. The standard InChI is InChI=1S/C15H30N2O/c1-6-7-8-9-10-11-12-15(5)16-13(2)14(3,4)17(15)18/h18H,6-12H2,1-5H3. The van der Waals surface area contributed by atoms with Gasteiger partial charge in [0.15, 0.2) is 0 Å². The van der Waals surface area contributed by atoms with Gasteiger partial charge in [0.1, 0.15) is 5.66 Å². The fraction of sp³-hybridized carbons (Fsp3) is 0.933. The van der Waals surface area contributed by atoms with Gasteiger partial charge >= 0.3 is 0 Å². The summed E-state index contributed by atoms with van der Waals surface area (Å²) >= 11 is 0. The summed E-state index contributed by atoms with van der Waals surface area (Å²) in [6.07, 6.45) is 8.61. The highest BCUT2D eigenvalue weighted by Crippen LogP contribution is 2.36. The Bertz CT molecular complexity index is 299. The fourth-order valence-electron chi connectivity index (χ4n) is 2.70. The number of hydrogen-bond donors (Lipinski definition) is 1. The molecule has 1 heterocycles. The third-order valence-corrected chi connectivity index (χ3v) is 4.28. The molecule has 0 spiro atoms. The van der Waals surface area contributed by atoms with E-state index in [1.165, 1.54) is 37.2 Å². The van der Waals surface area contributed by atoms with Crippen LogP contribution < -0.4 is 0 Å². The molecule has 18 heavy (non-hydrogen) atoms. The van der Waals surface area contributed by atoms with Crippen molar-refractivity contribution in [2.24, 2.45) is 4.99 Å². The second-order valence-corrected chi connectivity index (χ2v) is 6.30. The largest absolute Gasteiger partial charge is 0.311 e. The first-order chi connectivity index (χ1) is 8.34. The quantitative estimate of drug-likeness (QED) is 0.684. The molecule has 0 bridgehead atoms. The van der Waals surface area contributed by atoms with Gasteiger partial charge in [-0.2, -0.15) is 5.06 Å². The van der Waals surface area contributed by atoms with E-state index in [2.05, 4.69) is 11.9 Å². The first-order valence-electron chi connectivity index (χ1n) is 7.41. The van der Waals surface area contributed by atoms with Gasteiger partial charge in [-0.1, -0.05) is 39.0 Å². The van der Waals surface area contributed by atoms with Crippen LogP contribution in [0.25, 0.3) is 0 Å². The van der Waals surface area contributed by atoms with Crippen LogP contribution in [0.1, 0.15) is 79.6 Å². The van der Waals surface area contributed by atoms with Crippen LogP contribution in [0.5, 0.6) is 0 Å². The van der Waals surface area contributed by atoms with Crippen molar-refractivity contribution in [2.75, 3.05) is 0 Å². The molecule has 0 fully saturated rings. The number of hydrogen-bond acceptors (Lipinski definition) is 3. The molecule has 0 aromatic carbocycles. The van der Waals surface area contributed by atoms with E-state index in [0.29, 0.717) is 0 Å². The average Bonchev–Trinajstić information content (AvgIpc) is 2.46. The van der Waals surface area contributed by atoms with Crippen molar-refractivity contribution in [3.05, 3.63) is 0 Å². The highest BCUT2D eigenvalue weighted by atomic mass is 16.5. The molecular formula is C15H30N2O. The molecule has 3 nitrogen and oxygen atoms in total. The lowest BCUT2D eigenvalue weighted by atomic mass is 9.98. The Morgan fingerprint density at radius 2 is 1.61 bits per heavy atom. The van der Waals surface area contributed by atoms with E-state index in [4.69, 9.17) is 0 Å². The molecule has 1 rings (SSSR count). The number of aliphatic imine (C=N–C) groups is 1. The van der Waals surface area contributed by atoms with Crippen LogP contribution in [-0.2, 0) is 0 Å². The van der Waals surface area contributed by atoms with Gasteiger partial charge < -0.3 is 5.21 Å². The molecule has 106 valence electrons. The van der Waals surface area contributed by atoms with Crippen LogP contribution in [0.2, 0.25) is 0 Å². The topological polar surface area (TPSA) is 35.8 Å². The van der Waals surface area contributed by atoms with E-state index in [9.17, 15) is 5.21 Å². The van der Waals surface area contributed by atoms with Crippen molar-refractivity contribution in [3.8, 4) is 0 Å². The first-order valence-corrected chi connectivity index (χ1v) is 7.41. The van der Waals surface area contributed by atoms with Crippen LogP contribution in [0.4, 0.5) is 0 Å². The summed E-state index contributed by atoms with van der Waals surface area (Å²) in [5.74, 6) is 0. The Hall–Kier alpha value is -0.410. The Morgan fingerprint density at radius 3 is 2.11 bits per heavy atom. The lowest BCUT2D eigenvalue weighted by Crippen LogP contribution is -2.50. The molecule has 1 N–H and O–H groups in total. The van der Waals surface area contributed by atoms with E-state index >= 15 is 0 Å². The van der Waals surface area contributed by atoms with Crippen molar-refractivity contribution in [1.29, 1.82) is 0 Å². The van der Waals surface area contributed by atoms with E-state index in [0.717, 1.165) is 18.6 Å². The van der Waals surface area contributed by atoms with Crippen LogP contribution in [0, 0.1) is 0 Å². The second-order valence-electron chi connectivity index (χ2n) is 6.30. The Morgan fingerprint density at radius 1 is 1.06 bits per heavy atom. The lowest BCUT2D eigenvalue weighted by molar-refractivity contribution is -0.196. The number of rotatable bonds is 7. The molecule has 0 radical (unpaired) electrons. The summed E-state index contributed by atoms with van der Waals surface area (Å²) in [6, 6.07) is 0. The smallest absolute Gasteiger partial charge is 0.133 e. The van der Waals surface area contributed by atoms with E-state index in [1.807, 2.05) is 27.7 Å². The highest BCUT2D eigenvalue weighted by molar-refractivity contribution is 5.92. The Kier molecular flexibility index (Phi) is 5.35. The second kappa shape index (κ2) is 6.16. The molecule has 0 saturated heterocycles. The molecule has 1 atom stereocenters. The van der Waals surface area contributed by atoms with Gasteiger partial charge in [-0.15, -0.1) is 0 Å². The lowest BCUT2D eigenvalue weighted by Gasteiger charge is -2.36. The minimum absolute atomic E-state index is 0.322. The summed E-state index contributed by atoms with van der Waals surface area (Å²) < 4.78 is 0. The van der Waals surface area contributed by atoms with E-state index in [-0.39, 0.29) is 5.54 Å². The maximum atomic E-state index is 10.3. The van der Waals surface area contributed by atoms with Gasteiger partial charge in [0.05, 0.1) is 5.54 Å². The minimum atomic E-state index is -0.418. The van der Waals surface area contributed by atoms with Gasteiger partial charge in [0, 0.05) is 5.71 Å². The number of nitrogens with zero attached hydrogens (tertiary/aromatic N) is 2. The molecule has 0 aromatic rings. The van der Waals surface area contributed by atoms with Gasteiger partial charge in [0.25, 0.3) is 0 Å². The Balaban J connectivity index is 2.38. The third kappa shape index (κ3) is 3.33. The summed E-state index contributed by atoms with van der Waals surface area (Å²) in [5.41, 5.74) is 0.286. The van der Waals surface area contributed by atoms with Gasteiger partial charge in [-0.05, 0) is 40.5 Å². The van der Waals surface area contributed by atoms with Gasteiger partial charge in [-0.25, -0.2) is 0 Å². The van der Waals surface area contributed by atoms with E-state index < -0.39 is 5.66 Å². The third-order valence-electron chi connectivity index (χ3n) is 4.28. The monoisotopic (exact) mass is 254 g/mol. The molecule has 0 amide bonds. The molecule has 1 unspecified atom stereocenters. The van der Waals surface area contributed by atoms with E-state index in [1.54, 1.807) is 0 Å². The van der Waals surface area contributed by atoms with Crippen molar-refractivity contribution in [1.82, 2.24) is 5.06 Å². The SMILES string of the molecule is CCCCCCCCC1(C)N=C(C)C(C)(C)N1O. The highest BCUT2D eigenvalue weighted by Gasteiger charge is 2.47. The molecule has 1 aliphatic heterocycles. The molecule has 0 saturated carbocycles. The molecule has 1 aliphatic rings. The first kappa shape index (κ1) is 15.6. The zero-order valence-corrected chi connectivity index (χ0v) is 12.8.